The normalized spacial score (nSPS) is 22.6. The van der Waals surface area contributed by atoms with Gasteiger partial charge in [0.15, 0.2) is 0 Å². The number of piperidine rings is 2. The molecule has 3 fully saturated rings. The number of hydrogen-bond donors (Lipinski definition) is 1. The number of carbonyl (C=O) groups is 2. The summed E-state index contributed by atoms with van der Waals surface area (Å²) in [6, 6.07) is 8.93. The van der Waals surface area contributed by atoms with Crippen molar-refractivity contribution in [3.8, 4) is 11.3 Å². The minimum absolute atomic E-state index is 0.00746. The van der Waals surface area contributed by atoms with E-state index in [9.17, 15) is 14.0 Å². The molecular formula is C32H38FN5O2. The second-order valence-electron chi connectivity index (χ2n) is 11.7. The first-order valence-electron chi connectivity index (χ1n) is 14.7. The molecule has 1 saturated carbocycles. The molecule has 1 atom stereocenters. The Morgan fingerprint density at radius 1 is 1.12 bits per heavy atom. The van der Waals surface area contributed by atoms with E-state index >= 15 is 0 Å². The van der Waals surface area contributed by atoms with Crippen molar-refractivity contribution in [1.29, 1.82) is 0 Å². The molecule has 5 heterocycles. The van der Waals surface area contributed by atoms with Gasteiger partial charge in [0.1, 0.15) is 5.82 Å². The SMILES string of the molecule is CCN(C(=O)c1cc(F)ccc1-c1cc(C2=CCN(C(=O)[C@@H]3NC4CCC3CC4)CC2)c2ccncn12)C(C)C. The van der Waals surface area contributed by atoms with Crippen molar-refractivity contribution in [1.82, 2.24) is 24.5 Å². The lowest BCUT2D eigenvalue weighted by molar-refractivity contribution is -0.136. The van der Waals surface area contributed by atoms with Crippen LogP contribution in [-0.2, 0) is 4.79 Å². The first-order chi connectivity index (χ1) is 19.4. The number of halogens is 1. The largest absolute Gasteiger partial charge is 0.337 e. The molecule has 3 aliphatic heterocycles. The zero-order valence-corrected chi connectivity index (χ0v) is 23.6. The highest BCUT2D eigenvalue weighted by Gasteiger charge is 2.40. The highest BCUT2D eigenvalue weighted by atomic mass is 19.1. The van der Waals surface area contributed by atoms with Crippen molar-refractivity contribution in [2.75, 3.05) is 19.6 Å². The molecule has 0 unspecified atom stereocenters. The van der Waals surface area contributed by atoms with Crippen molar-refractivity contribution >= 4 is 22.9 Å². The van der Waals surface area contributed by atoms with E-state index in [2.05, 4.69) is 22.4 Å². The number of amides is 2. The number of rotatable bonds is 6. The molecule has 3 aromatic rings. The van der Waals surface area contributed by atoms with Gasteiger partial charge in [-0.2, -0.15) is 0 Å². The topological polar surface area (TPSA) is 70.0 Å². The van der Waals surface area contributed by atoms with E-state index in [1.807, 2.05) is 36.1 Å². The van der Waals surface area contributed by atoms with E-state index < -0.39 is 5.82 Å². The van der Waals surface area contributed by atoms with Gasteiger partial charge in [0.25, 0.3) is 5.91 Å². The van der Waals surface area contributed by atoms with Crippen molar-refractivity contribution in [2.24, 2.45) is 5.92 Å². The van der Waals surface area contributed by atoms with Crippen molar-refractivity contribution < 1.29 is 14.0 Å². The van der Waals surface area contributed by atoms with Gasteiger partial charge in [0, 0.05) is 49.0 Å². The average Bonchev–Trinajstić information content (AvgIpc) is 3.37. The third-order valence-corrected chi connectivity index (χ3v) is 9.08. The maximum Gasteiger partial charge on any atom is 0.254 e. The molecule has 1 aromatic carbocycles. The van der Waals surface area contributed by atoms with Crippen LogP contribution in [0.3, 0.4) is 0 Å². The second-order valence-corrected chi connectivity index (χ2v) is 11.7. The Morgan fingerprint density at radius 2 is 1.93 bits per heavy atom. The quantitative estimate of drug-likeness (QED) is 0.467. The van der Waals surface area contributed by atoms with E-state index in [0.29, 0.717) is 42.7 Å². The molecular weight excluding hydrogens is 505 g/mol. The Morgan fingerprint density at radius 3 is 2.58 bits per heavy atom. The van der Waals surface area contributed by atoms with Crippen LogP contribution >= 0.6 is 0 Å². The third kappa shape index (κ3) is 4.72. The van der Waals surface area contributed by atoms with Crippen molar-refractivity contribution in [3.05, 3.63) is 65.9 Å². The van der Waals surface area contributed by atoms with E-state index in [0.717, 1.165) is 36.0 Å². The molecule has 8 heteroatoms. The van der Waals surface area contributed by atoms with E-state index in [1.54, 1.807) is 23.5 Å². The smallest absolute Gasteiger partial charge is 0.254 e. The lowest BCUT2D eigenvalue weighted by Gasteiger charge is -2.44. The molecule has 2 saturated heterocycles. The molecule has 7 rings (SSSR count). The first-order valence-corrected chi connectivity index (χ1v) is 14.7. The Balaban J connectivity index is 1.33. The number of nitrogens with one attached hydrogen (secondary N) is 1. The molecule has 4 aliphatic rings. The van der Waals surface area contributed by atoms with Gasteiger partial charge in [-0.15, -0.1) is 0 Å². The Bertz CT molecular complexity index is 1470. The van der Waals surface area contributed by atoms with Crippen molar-refractivity contribution in [2.45, 2.75) is 71.0 Å². The molecule has 0 spiro atoms. The summed E-state index contributed by atoms with van der Waals surface area (Å²) in [6.07, 6.45) is 11.1. The zero-order valence-electron chi connectivity index (χ0n) is 23.6. The standard InChI is InChI=1S/C32H38FN5O2/c1-4-37(20(2)3)31(39)27-17-23(33)7-10-25(27)29-18-26(28-11-14-34-19-38(28)29)21-12-15-36(16-13-21)32(40)30-22-5-8-24(35-30)9-6-22/h7,10-12,14,17-20,22,24,30,35H,4-6,8-9,13,15-16H2,1-3H3/t22?,24?,30-/m1/s1. The van der Waals surface area contributed by atoms with E-state index in [4.69, 9.17) is 0 Å². The molecule has 1 N–H and O–H groups in total. The highest BCUT2D eigenvalue weighted by molar-refractivity contribution is 6.01. The molecule has 40 heavy (non-hydrogen) atoms. The van der Waals surface area contributed by atoms with Crippen LogP contribution in [0.15, 0.2) is 48.9 Å². The minimum Gasteiger partial charge on any atom is -0.337 e. The summed E-state index contributed by atoms with van der Waals surface area (Å²) in [5.41, 5.74) is 5.01. The second kappa shape index (κ2) is 10.8. The minimum atomic E-state index is -0.438. The van der Waals surface area contributed by atoms with Crippen LogP contribution in [0.25, 0.3) is 22.3 Å². The number of benzene rings is 1. The zero-order chi connectivity index (χ0) is 28.0. The van der Waals surface area contributed by atoms with Crippen LogP contribution in [-0.4, -0.2) is 68.8 Å². The van der Waals surface area contributed by atoms with Crippen LogP contribution in [0.4, 0.5) is 4.39 Å². The van der Waals surface area contributed by atoms with Gasteiger partial charge in [-0.3, -0.25) is 14.0 Å². The number of fused-ring (bicyclic) bond motifs is 4. The first kappa shape index (κ1) is 26.7. The van der Waals surface area contributed by atoms with Gasteiger partial charge in [0.05, 0.1) is 29.1 Å². The molecule has 2 aromatic heterocycles. The summed E-state index contributed by atoms with van der Waals surface area (Å²) < 4.78 is 16.4. The van der Waals surface area contributed by atoms with Crippen LogP contribution in [0.1, 0.15) is 68.8 Å². The number of hydrogen-bond acceptors (Lipinski definition) is 4. The fraction of sp³-hybridized carbons (Fsp3) is 0.469. The monoisotopic (exact) mass is 543 g/mol. The Hall–Kier alpha value is -3.52. The summed E-state index contributed by atoms with van der Waals surface area (Å²) in [6.45, 7) is 7.67. The van der Waals surface area contributed by atoms with Crippen LogP contribution in [0.2, 0.25) is 0 Å². The lowest BCUT2D eigenvalue weighted by atomic mass is 9.76. The summed E-state index contributed by atoms with van der Waals surface area (Å²) in [5.74, 6) is 0.0618. The summed E-state index contributed by atoms with van der Waals surface area (Å²) >= 11 is 0. The van der Waals surface area contributed by atoms with E-state index in [1.165, 1.54) is 30.5 Å². The van der Waals surface area contributed by atoms with Gasteiger partial charge in [-0.05, 0) is 94.7 Å². The summed E-state index contributed by atoms with van der Waals surface area (Å²) in [7, 11) is 0. The number of nitrogens with zero attached hydrogens (tertiary/aromatic N) is 4. The predicted octanol–water partition coefficient (Wildman–Crippen LogP) is 5.16. The molecule has 0 radical (unpaired) electrons. The fourth-order valence-electron chi connectivity index (χ4n) is 6.93. The molecule has 210 valence electrons. The summed E-state index contributed by atoms with van der Waals surface area (Å²) in [4.78, 5) is 35.1. The molecule has 2 amide bonds. The van der Waals surface area contributed by atoms with Gasteiger partial charge < -0.3 is 15.1 Å². The Kier molecular flexibility index (Phi) is 7.21. The van der Waals surface area contributed by atoms with E-state index in [-0.39, 0.29) is 23.9 Å². The van der Waals surface area contributed by atoms with Crippen LogP contribution in [0, 0.1) is 11.7 Å². The number of aromatic nitrogens is 2. The lowest BCUT2D eigenvalue weighted by Crippen LogP contribution is -2.59. The summed E-state index contributed by atoms with van der Waals surface area (Å²) in [5, 5.41) is 3.60. The van der Waals surface area contributed by atoms with Gasteiger partial charge >= 0.3 is 0 Å². The fourth-order valence-corrected chi connectivity index (χ4v) is 6.93. The third-order valence-electron chi connectivity index (χ3n) is 9.08. The average molecular weight is 544 g/mol. The number of carbonyl (C=O) groups excluding carboxylic acids is 2. The Labute approximate surface area is 235 Å². The van der Waals surface area contributed by atoms with Crippen LogP contribution < -0.4 is 5.32 Å². The maximum absolute atomic E-state index is 14.5. The maximum atomic E-state index is 14.5. The van der Waals surface area contributed by atoms with Crippen LogP contribution in [0.5, 0.6) is 0 Å². The van der Waals surface area contributed by atoms with Gasteiger partial charge in [0.2, 0.25) is 5.91 Å². The highest BCUT2D eigenvalue weighted by Crippen LogP contribution is 2.37. The van der Waals surface area contributed by atoms with Crippen molar-refractivity contribution in [3.63, 3.8) is 0 Å². The predicted molar refractivity (Wildman–Crippen MR) is 154 cm³/mol. The van der Waals surface area contributed by atoms with Gasteiger partial charge in [-0.25, -0.2) is 9.37 Å². The molecule has 2 bridgehead atoms. The molecule has 1 aliphatic carbocycles. The molecule has 7 nitrogen and oxygen atoms in total. The van der Waals surface area contributed by atoms with Gasteiger partial charge in [-0.1, -0.05) is 6.08 Å².